The van der Waals surface area contributed by atoms with Gasteiger partial charge in [-0.3, -0.25) is 4.79 Å². The van der Waals surface area contributed by atoms with Gasteiger partial charge in [0.15, 0.2) is 0 Å². The molecular weight excluding hydrogens is 182 g/mol. The van der Waals surface area contributed by atoms with E-state index in [1.54, 1.807) is 0 Å². The Morgan fingerprint density at radius 2 is 2.07 bits per heavy atom. The minimum absolute atomic E-state index is 0.0160. The van der Waals surface area contributed by atoms with Crippen LogP contribution in [0.5, 0.6) is 0 Å². The second-order valence-corrected chi connectivity index (χ2v) is 4.36. The first-order valence-corrected chi connectivity index (χ1v) is 4.48. The first-order valence-electron chi connectivity index (χ1n) is 4.48. The van der Waals surface area contributed by atoms with Gasteiger partial charge in [-0.15, -0.1) is 6.58 Å². The maximum absolute atomic E-state index is 10.9. The molecule has 4 nitrogen and oxygen atoms in total. The Balaban J connectivity index is 4.38. The van der Waals surface area contributed by atoms with Gasteiger partial charge >= 0.3 is 5.97 Å². The summed E-state index contributed by atoms with van der Waals surface area (Å²) >= 11 is 0. The molecule has 0 radical (unpaired) electrons. The van der Waals surface area contributed by atoms with Crippen molar-refractivity contribution >= 4 is 5.97 Å². The minimum atomic E-state index is -1.37. The van der Waals surface area contributed by atoms with E-state index in [1.165, 1.54) is 6.08 Å². The normalized spacial score (nSPS) is 16.0. The number of hydrogen-bond acceptors (Lipinski definition) is 3. The highest BCUT2D eigenvalue weighted by molar-refractivity contribution is 5.78. The van der Waals surface area contributed by atoms with Crippen LogP contribution in [0, 0.1) is 0 Å². The Morgan fingerprint density at radius 3 is 2.36 bits per heavy atom. The molecule has 0 aliphatic heterocycles. The summed E-state index contributed by atoms with van der Waals surface area (Å²) in [6.07, 6.45) is 1.68. The van der Waals surface area contributed by atoms with Crippen LogP contribution in [0.1, 0.15) is 27.2 Å². The summed E-state index contributed by atoms with van der Waals surface area (Å²) in [5.74, 6) is -1.07. The maximum Gasteiger partial charge on any atom is 0.326 e. The van der Waals surface area contributed by atoms with E-state index >= 15 is 0 Å². The Hall–Kier alpha value is -0.870. The number of aliphatic carboxylic acids is 1. The van der Waals surface area contributed by atoms with Gasteiger partial charge in [-0.1, -0.05) is 6.08 Å². The van der Waals surface area contributed by atoms with Gasteiger partial charge in [-0.05, 0) is 27.2 Å². The fraction of sp³-hybridized carbons (Fsp3) is 0.700. The molecule has 1 atom stereocenters. The molecule has 0 spiro atoms. The minimum Gasteiger partial charge on any atom is -0.480 e. The van der Waals surface area contributed by atoms with Crippen molar-refractivity contribution in [3.8, 4) is 0 Å². The van der Waals surface area contributed by atoms with Crippen molar-refractivity contribution in [2.75, 3.05) is 6.61 Å². The standard InChI is InChI=1S/C10H19NO3/c1-5-6-10(11,8(12)13)7-14-9(2,3)4/h5H,1,6-7,11H2,2-4H3,(H,12,13)/t10-/m0/s1. The van der Waals surface area contributed by atoms with Gasteiger partial charge in [0, 0.05) is 0 Å². The first kappa shape index (κ1) is 13.1. The van der Waals surface area contributed by atoms with Gasteiger partial charge in [0.1, 0.15) is 5.54 Å². The topological polar surface area (TPSA) is 72.5 Å². The third-order valence-corrected chi connectivity index (χ3v) is 1.70. The average Bonchev–Trinajstić information content (AvgIpc) is 2.00. The van der Waals surface area contributed by atoms with Gasteiger partial charge in [-0.2, -0.15) is 0 Å². The van der Waals surface area contributed by atoms with Crippen molar-refractivity contribution in [3.63, 3.8) is 0 Å². The van der Waals surface area contributed by atoms with Crippen LogP contribution in [0.3, 0.4) is 0 Å². The summed E-state index contributed by atoms with van der Waals surface area (Å²) < 4.78 is 5.35. The van der Waals surface area contributed by atoms with E-state index in [0.717, 1.165) is 0 Å². The highest BCUT2D eigenvalue weighted by Crippen LogP contribution is 2.14. The number of carboxylic acids is 1. The van der Waals surface area contributed by atoms with Crippen LogP contribution in [0.2, 0.25) is 0 Å². The predicted octanol–water partition coefficient (Wildman–Crippen LogP) is 1.16. The molecule has 0 rings (SSSR count). The van der Waals surface area contributed by atoms with Crippen LogP contribution >= 0.6 is 0 Å². The molecule has 0 aliphatic rings. The first-order chi connectivity index (χ1) is 6.21. The van der Waals surface area contributed by atoms with E-state index in [9.17, 15) is 4.79 Å². The fourth-order valence-electron chi connectivity index (χ4n) is 0.811. The number of ether oxygens (including phenoxy) is 1. The zero-order chi connectivity index (χ0) is 11.4. The van der Waals surface area contributed by atoms with Crippen LogP contribution in [-0.4, -0.2) is 28.8 Å². The fourth-order valence-corrected chi connectivity index (χ4v) is 0.811. The van der Waals surface area contributed by atoms with Gasteiger partial charge in [0.05, 0.1) is 12.2 Å². The third-order valence-electron chi connectivity index (χ3n) is 1.70. The predicted molar refractivity (Wildman–Crippen MR) is 55.1 cm³/mol. The van der Waals surface area contributed by atoms with Crippen LogP contribution in [0.15, 0.2) is 12.7 Å². The van der Waals surface area contributed by atoms with Crippen molar-refractivity contribution in [1.82, 2.24) is 0 Å². The van der Waals surface area contributed by atoms with Gasteiger partial charge in [-0.25, -0.2) is 0 Å². The molecule has 82 valence electrons. The van der Waals surface area contributed by atoms with Gasteiger partial charge < -0.3 is 15.6 Å². The van der Waals surface area contributed by atoms with Crippen molar-refractivity contribution in [2.45, 2.75) is 38.3 Å². The number of hydrogen-bond donors (Lipinski definition) is 2. The molecule has 14 heavy (non-hydrogen) atoms. The summed E-state index contributed by atoms with van der Waals surface area (Å²) in [5.41, 5.74) is 3.91. The second kappa shape index (κ2) is 4.57. The van der Waals surface area contributed by atoms with E-state index in [0.29, 0.717) is 0 Å². The quantitative estimate of drug-likeness (QED) is 0.655. The van der Waals surface area contributed by atoms with E-state index in [1.807, 2.05) is 20.8 Å². The molecule has 0 aromatic rings. The molecule has 0 amide bonds. The molecule has 0 saturated carbocycles. The Kier molecular flexibility index (Phi) is 4.29. The van der Waals surface area contributed by atoms with Crippen molar-refractivity contribution < 1.29 is 14.6 Å². The number of rotatable bonds is 5. The molecule has 0 bridgehead atoms. The van der Waals surface area contributed by atoms with E-state index < -0.39 is 11.5 Å². The molecule has 3 N–H and O–H groups in total. The van der Waals surface area contributed by atoms with Crippen LogP contribution in [-0.2, 0) is 9.53 Å². The second-order valence-electron chi connectivity index (χ2n) is 4.36. The summed E-state index contributed by atoms with van der Waals surface area (Å²) in [6.45, 7) is 9.01. The Bertz CT molecular complexity index is 220. The smallest absolute Gasteiger partial charge is 0.326 e. The largest absolute Gasteiger partial charge is 0.480 e. The zero-order valence-electron chi connectivity index (χ0n) is 9.04. The lowest BCUT2D eigenvalue weighted by atomic mass is 9.97. The van der Waals surface area contributed by atoms with Crippen LogP contribution < -0.4 is 5.73 Å². The monoisotopic (exact) mass is 201 g/mol. The Labute approximate surface area is 84.7 Å². The zero-order valence-corrected chi connectivity index (χ0v) is 9.04. The lowest BCUT2D eigenvalue weighted by molar-refractivity contribution is -0.148. The summed E-state index contributed by atoms with van der Waals surface area (Å²) in [4.78, 5) is 10.9. The summed E-state index contributed by atoms with van der Waals surface area (Å²) in [6, 6.07) is 0. The SMILES string of the molecule is C=CC[C@](N)(COC(C)(C)C)C(=O)O. The van der Waals surface area contributed by atoms with Gasteiger partial charge in [0.2, 0.25) is 0 Å². The lowest BCUT2D eigenvalue weighted by Crippen LogP contribution is -2.52. The number of carboxylic acid groups (broad SMARTS) is 1. The van der Waals surface area contributed by atoms with Gasteiger partial charge in [0.25, 0.3) is 0 Å². The third kappa shape index (κ3) is 4.39. The molecule has 0 aromatic heterocycles. The van der Waals surface area contributed by atoms with Crippen molar-refractivity contribution in [3.05, 3.63) is 12.7 Å². The molecule has 0 saturated heterocycles. The lowest BCUT2D eigenvalue weighted by Gasteiger charge is -2.28. The summed E-state index contributed by atoms with van der Waals surface area (Å²) in [7, 11) is 0. The molecule has 0 fully saturated rings. The average molecular weight is 201 g/mol. The molecule has 4 heteroatoms. The number of carbonyl (C=O) groups is 1. The van der Waals surface area contributed by atoms with E-state index in [-0.39, 0.29) is 18.6 Å². The van der Waals surface area contributed by atoms with Crippen LogP contribution in [0.4, 0.5) is 0 Å². The molecule has 0 heterocycles. The van der Waals surface area contributed by atoms with E-state index in [4.69, 9.17) is 15.6 Å². The Morgan fingerprint density at radius 1 is 1.57 bits per heavy atom. The maximum atomic E-state index is 10.9. The van der Waals surface area contributed by atoms with Crippen molar-refractivity contribution in [1.29, 1.82) is 0 Å². The molecule has 0 aromatic carbocycles. The highest BCUT2D eigenvalue weighted by Gasteiger charge is 2.34. The van der Waals surface area contributed by atoms with Crippen LogP contribution in [0.25, 0.3) is 0 Å². The van der Waals surface area contributed by atoms with Crippen molar-refractivity contribution in [2.24, 2.45) is 5.73 Å². The highest BCUT2D eigenvalue weighted by atomic mass is 16.5. The molecular formula is C10H19NO3. The summed E-state index contributed by atoms with van der Waals surface area (Å²) in [5, 5.41) is 8.91. The van der Waals surface area contributed by atoms with E-state index in [2.05, 4.69) is 6.58 Å². The molecule has 0 unspecified atom stereocenters. The number of nitrogens with two attached hydrogens (primary N) is 1. The molecule has 0 aliphatic carbocycles.